The van der Waals surface area contributed by atoms with Crippen molar-refractivity contribution in [2.24, 2.45) is 0 Å². The molecular weight excluding hydrogens is 321 g/mol. The van der Waals surface area contributed by atoms with Gasteiger partial charge in [0.05, 0.1) is 6.54 Å². The van der Waals surface area contributed by atoms with Gasteiger partial charge in [-0.3, -0.25) is 9.59 Å². The van der Waals surface area contributed by atoms with Gasteiger partial charge < -0.3 is 16.0 Å². The average molecular weight is 343 g/mol. The first-order valence-electron chi connectivity index (χ1n) is 8.18. The van der Waals surface area contributed by atoms with E-state index in [1.807, 2.05) is 26.0 Å². The number of carbonyl (C=O) groups is 2. The Morgan fingerprint density at radius 2 is 1.72 bits per heavy atom. The van der Waals surface area contributed by atoms with Crippen LogP contribution in [0.15, 0.2) is 42.5 Å². The fourth-order valence-electron chi connectivity index (χ4n) is 2.35. The molecule has 0 heterocycles. The lowest BCUT2D eigenvalue weighted by Gasteiger charge is -2.14. The number of rotatable bonds is 7. The molecule has 0 atom stereocenters. The Kier molecular flexibility index (Phi) is 6.51. The molecule has 132 valence electrons. The molecule has 2 amide bonds. The molecule has 2 aromatic carbocycles. The van der Waals surface area contributed by atoms with Crippen LogP contribution in [0, 0.1) is 12.7 Å². The molecule has 2 aromatic rings. The summed E-state index contributed by atoms with van der Waals surface area (Å²) in [7, 11) is 0. The van der Waals surface area contributed by atoms with Gasteiger partial charge in [-0.25, -0.2) is 4.39 Å². The number of hydrogen-bond donors (Lipinski definition) is 3. The van der Waals surface area contributed by atoms with Crippen molar-refractivity contribution in [1.82, 2.24) is 0 Å². The van der Waals surface area contributed by atoms with Crippen LogP contribution in [0.2, 0.25) is 0 Å². The number of carbonyl (C=O) groups excluding carboxylic acids is 2. The van der Waals surface area contributed by atoms with E-state index in [1.54, 1.807) is 12.1 Å². The molecule has 0 aliphatic carbocycles. The Balaban J connectivity index is 1.96. The van der Waals surface area contributed by atoms with Crippen molar-refractivity contribution < 1.29 is 14.0 Å². The second-order valence-electron chi connectivity index (χ2n) is 5.69. The van der Waals surface area contributed by atoms with Crippen molar-refractivity contribution in [2.45, 2.75) is 26.7 Å². The summed E-state index contributed by atoms with van der Waals surface area (Å²) in [4.78, 5) is 23.7. The maximum absolute atomic E-state index is 13.1. The highest BCUT2D eigenvalue weighted by molar-refractivity contribution is 5.95. The van der Waals surface area contributed by atoms with Gasteiger partial charge in [0.15, 0.2) is 0 Å². The van der Waals surface area contributed by atoms with E-state index in [9.17, 15) is 14.0 Å². The summed E-state index contributed by atoms with van der Waals surface area (Å²) < 4.78 is 13.1. The van der Waals surface area contributed by atoms with Crippen LogP contribution in [0.3, 0.4) is 0 Å². The minimum Gasteiger partial charge on any atom is -0.376 e. The summed E-state index contributed by atoms with van der Waals surface area (Å²) in [6.07, 6.45) is 1.25. The van der Waals surface area contributed by atoms with Gasteiger partial charge in [-0.15, -0.1) is 0 Å². The molecule has 0 unspecified atom stereocenters. The normalized spacial score (nSPS) is 10.2. The van der Waals surface area contributed by atoms with Crippen molar-refractivity contribution in [2.75, 3.05) is 22.5 Å². The van der Waals surface area contributed by atoms with E-state index >= 15 is 0 Å². The zero-order chi connectivity index (χ0) is 18.2. The maximum atomic E-state index is 13.1. The Labute approximate surface area is 146 Å². The van der Waals surface area contributed by atoms with Crippen molar-refractivity contribution in [3.05, 3.63) is 53.8 Å². The van der Waals surface area contributed by atoms with Gasteiger partial charge in [0.2, 0.25) is 11.8 Å². The van der Waals surface area contributed by atoms with Crippen LogP contribution in [-0.4, -0.2) is 18.4 Å². The van der Waals surface area contributed by atoms with Gasteiger partial charge in [-0.2, -0.15) is 0 Å². The van der Waals surface area contributed by atoms with E-state index in [0.717, 1.165) is 17.7 Å². The first kappa shape index (κ1) is 18.4. The summed E-state index contributed by atoms with van der Waals surface area (Å²) in [5.74, 6) is -0.728. The minimum atomic E-state index is -0.405. The van der Waals surface area contributed by atoms with Gasteiger partial charge >= 0.3 is 0 Å². The van der Waals surface area contributed by atoms with Crippen LogP contribution < -0.4 is 16.0 Å². The van der Waals surface area contributed by atoms with Gasteiger partial charge in [-0.05, 0) is 49.2 Å². The highest BCUT2D eigenvalue weighted by Gasteiger charge is 2.09. The summed E-state index contributed by atoms with van der Waals surface area (Å²) in [6, 6.07) is 11.2. The molecule has 0 bridgehead atoms. The number of anilines is 3. The Hall–Kier alpha value is -2.89. The lowest BCUT2D eigenvalue weighted by molar-refractivity contribution is -0.116. The number of amides is 2. The van der Waals surface area contributed by atoms with Crippen molar-refractivity contribution >= 4 is 28.9 Å². The Morgan fingerprint density at radius 3 is 2.44 bits per heavy atom. The summed E-state index contributed by atoms with van der Waals surface area (Å²) in [5, 5.41) is 8.53. The molecule has 5 nitrogen and oxygen atoms in total. The Bertz CT molecular complexity index is 762. The minimum absolute atomic E-state index is 0.0315. The molecule has 0 radical (unpaired) electrons. The van der Waals surface area contributed by atoms with E-state index in [4.69, 9.17) is 0 Å². The number of benzene rings is 2. The third-order valence-corrected chi connectivity index (χ3v) is 3.63. The highest BCUT2D eigenvalue weighted by Crippen LogP contribution is 2.23. The third-order valence-electron chi connectivity index (χ3n) is 3.63. The van der Waals surface area contributed by atoms with E-state index in [0.29, 0.717) is 17.8 Å². The van der Waals surface area contributed by atoms with Crippen molar-refractivity contribution in [1.29, 1.82) is 0 Å². The summed E-state index contributed by atoms with van der Waals surface area (Å²) in [6.45, 7) is 3.85. The molecule has 3 N–H and O–H groups in total. The Morgan fingerprint density at radius 1 is 1.00 bits per heavy atom. The predicted molar refractivity (Wildman–Crippen MR) is 98.2 cm³/mol. The first-order valence-corrected chi connectivity index (χ1v) is 8.18. The molecule has 0 aliphatic rings. The number of hydrogen-bond acceptors (Lipinski definition) is 3. The van der Waals surface area contributed by atoms with Crippen LogP contribution in [0.4, 0.5) is 21.5 Å². The predicted octanol–water partition coefficient (Wildman–Crippen LogP) is 3.92. The standard InChI is InChI=1S/C19H22FN3O2/c1-3-6-18(24)23-17-10-5-9-16(13(17)2)21-12-19(25)22-15-8-4-7-14(20)11-15/h4-5,7-11,21H,3,6,12H2,1-2H3,(H,22,25)(H,23,24). The molecule has 2 rings (SSSR count). The summed E-state index contributed by atoms with van der Waals surface area (Å²) in [5.41, 5.74) is 2.73. The molecule has 6 heteroatoms. The lowest BCUT2D eigenvalue weighted by Crippen LogP contribution is -2.22. The van der Waals surface area contributed by atoms with E-state index < -0.39 is 5.82 Å². The summed E-state index contributed by atoms with van der Waals surface area (Å²) >= 11 is 0. The van der Waals surface area contributed by atoms with Crippen LogP contribution in [0.1, 0.15) is 25.3 Å². The highest BCUT2D eigenvalue weighted by atomic mass is 19.1. The fraction of sp³-hybridized carbons (Fsp3) is 0.263. The van der Waals surface area contributed by atoms with Crippen LogP contribution in [-0.2, 0) is 9.59 Å². The van der Waals surface area contributed by atoms with Crippen molar-refractivity contribution in [3.8, 4) is 0 Å². The molecule has 0 spiro atoms. The van der Waals surface area contributed by atoms with Crippen LogP contribution in [0.25, 0.3) is 0 Å². The van der Waals surface area contributed by atoms with Crippen LogP contribution >= 0.6 is 0 Å². The molecule has 0 saturated heterocycles. The van der Waals surface area contributed by atoms with Gasteiger partial charge in [-0.1, -0.05) is 19.1 Å². The maximum Gasteiger partial charge on any atom is 0.243 e. The SMILES string of the molecule is CCCC(=O)Nc1cccc(NCC(=O)Nc2cccc(F)c2)c1C. The monoisotopic (exact) mass is 343 g/mol. The average Bonchev–Trinajstić information content (AvgIpc) is 2.56. The lowest BCUT2D eigenvalue weighted by atomic mass is 10.1. The van der Waals surface area contributed by atoms with Crippen molar-refractivity contribution in [3.63, 3.8) is 0 Å². The molecule has 0 aliphatic heterocycles. The smallest absolute Gasteiger partial charge is 0.243 e. The number of nitrogens with one attached hydrogen (secondary N) is 3. The van der Waals surface area contributed by atoms with Gasteiger partial charge in [0.1, 0.15) is 5.82 Å². The zero-order valence-electron chi connectivity index (χ0n) is 14.4. The first-order chi connectivity index (χ1) is 12.0. The molecule has 0 fully saturated rings. The van der Waals surface area contributed by atoms with Crippen LogP contribution in [0.5, 0.6) is 0 Å². The molecule has 0 saturated carbocycles. The molecule has 25 heavy (non-hydrogen) atoms. The quantitative estimate of drug-likeness (QED) is 0.713. The number of halogens is 1. The van der Waals surface area contributed by atoms with Gasteiger partial charge in [0.25, 0.3) is 0 Å². The topological polar surface area (TPSA) is 70.2 Å². The fourth-order valence-corrected chi connectivity index (χ4v) is 2.35. The molecule has 0 aromatic heterocycles. The van der Waals surface area contributed by atoms with E-state index in [1.165, 1.54) is 18.2 Å². The largest absolute Gasteiger partial charge is 0.376 e. The van der Waals surface area contributed by atoms with E-state index in [-0.39, 0.29) is 18.4 Å². The van der Waals surface area contributed by atoms with E-state index in [2.05, 4.69) is 16.0 Å². The zero-order valence-corrected chi connectivity index (χ0v) is 14.4. The second-order valence-corrected chi connectivity index (χ2v) is 5.69. The second kappa shape index (κ2) is 8.82. The van der Waals surface area contributed by atoms with Gasteiger partial charge in [0, 0.05) is 23.5 Å². The molecular formula is C19H22FN3O2. The third kappa shape index (κ3) is 5.60.